The number of hydrogen-bond donors (Lipinski definition) is 0. The minimum Gasteiger partial charge on any atom is -0.208 e. The van der Waals surface area contributed by atoms with E-state index in [4.69, 9.17) is 0 Å². The summed E-state index contributed by atoms with van der Waals surface area (Å²) in [5, 5.41) is 6.03. The van der Waals surface area contributed by atoms with Gasteiger partial charge in [0, 0.05) is 5.38 Å². The van der Waals surface area contributed by atoms with E-state index in [9.17, 15) is 0 Å². The maximum absolute atomic E-state index is 4.01. The third-order valence-corrected chi connectivity index (χ3v) is 2.13. The molecule has 3 nitrogen and oxygen atoms in total. The monoisotopic (exact) mass is 139 g/mol. The van der Waals surface area contributed by atoms with Crippen LogP contribution in [0.2, 0.25) is 0 Å². The number of fused-ring (bicyclic) bond motifs is 1. The van der Waals surface area contributed by atoms with Crippen LogP contribution in [0.4, 0.5) is 0 Å². The van der Waals surface area contributed by atoms with E-state index in [1.807, 2.05) is 16.8 Å². The van der Waals surface area contributed by atoms with Gasteiger partial charge in [0.05, 0.1) is 5.69 Å². The second-order valence-electron chi connectivity index (χ2n) is 1.83. The van der Waals surface area contributed by atoms with E-state index < -0.39 is 0 Å². The van der Waals surface area contributed by atoms with E-state index in [-0.39, 0.29) is 0 Å². The maximum atomic E-state index is 4.01. The molecule has 2 aromatic heterocycles. The molecule has 0 aliphatic carbocycles. The molecule has 0 atom stereocenters. The summed E-state index contributed by atoms with van der Waals surface area (Å²) in [7, 11) is 0. The molecule has 0 amide bonds. The van der Waals surface area contributed by atoms with E-state index in [0.717, 1.165) is 10.7 Å². The van der Waals surface area contributed by atoms with Gasteiger partial charge < -0.3 is 0 Å². The van der Waals surface area contributed by atoms with Crippen molar-refractivity contribution in [3.05, 3.63) is 17.4 Å². The Morgan fingerprint density at radius 3 is 3.33 bits per heavy atom. The maximum Gasteiger partial charge on any atom is 0.212 e. The number of thiazole rings is 1. The molecule has 9 heavy (non-hydrogen) atoms. The molecule has 0 aromatic carbocycles. The van der Waals surface area contributed by atoms with E-state index in [2.05, 4.69) is 10.1 Å². The van der Waals surface area contributed by atoms with Crippen LogP contribution in [0.3, 0.4) is 0 Å². The predicted molar refractivity (Wildman–Crippen MR) is 35.6 cm³/mol. The highest BCUT2D eigenvalue weighted by Gasteiger charge is 1.97. The molecule has 2 heterocycles. The van der Waals surface area contributed by atoms with Crippen LogP contribution in [0.1, 0.15) is 5.69 Å². The zero-order chi connectivity index (χ0) is 6.27. The van der Waals surface area contributed by atoms with Crippen molar-refractivity contribution in [3.8, 4) is 0 Å². The Balaban J connectivity index is 2.99. The normalized spacial score (nSPS) is 10.8. The molecule has 2 rings (SSSR count). The van der Waals surface area contributed by atoms with Gasteiger partial charge in [-0.15, -0.1) is 11.3 Å². The molecule has 0 radical (unpaired) electrons. The number of rotatable bonds is 0. The first-order chi connectivity index (χ1) is 4.38. The molecule has 46 valence electrons. The Morgan fingerprint density at radius 2 is 2.56 bits per heavy atom. The second kappa shape index (κ2) is 1.54. The Hall–Kier alpha value is -0.900. The van der Waals surface area contributed by atoms with Crippen LogP contribution in [0.15, 0.2) is 11.7 Å². The lowest BCUT2D eigenvalue weighted by Crippen LogP contribution is -1.83. The zero-order valence-electron chi connectivity index (χ0n) is 4.90. The lowest BCUT2D eigenvalue weighted by Gasteiger charge is -1.80. The van der Waals surface area contributed by atoms with Gasteiger partial charge in [0.25, 0.3) is 0 Å². The zero-order valence-corrected chi connectivity index (χ0v) is 5.72. The Morgan fingerprint density at radius 1 is 1.67 bits per heavy atom. The molecule has 0 aliphatic heterocycles. The first kappa shape index (κ1) is 4.93. The minimum absolute atomic E-state index is 0.965. The summed E-state index contributed by atoms with van der Waals surface area (Å²) in [5.41, 5.74) is 1.15. The summed E-state index contributed by atoms with van der Waals surface area (Å²) in [5.74, 6) is 0. The summed E-state index contributed by atoms with van der Waals surface area (Å²) in [4.78, 5) is 4.98. The highest BCUT2D eigenvalue weighted by Crippen LogP contribution is 2.10. The third-order valence-electron chi connectivity index (χ3n) is 1.19. The largest absolute Gasteiger partial charge is 0.212 e. The van der Waals surface area contributed by atoms with E-state index in [1.54, 1.807) is 17.7 Å². The topological polar surface area (TPSA) is 30.2 Å². The van der Waals surface area contributed by atoms with Gasteiger partial charge in [0.2, 0.25) is 4.96 Å². The van der Waals surface area contributed by atoms with Crippen molar-refractivity contribution in [2.24, 2.45) is 0 Å². The van der Waals surface area contributed by atoms with Crippen molar-refractivity contribution in [1.29, 1.82) is 0 Å². The standard InChI is InChI=1S/C5H5N3S/c1-4-2-9-5-6-3-7-8(4)5/h2-3H,1H3. The van der Waals surface area contributed by atoms with Gasteiger partial charge in [-0.2, -0.15) is 5.10 Å². The summed E-state index contributed by atoms with van der Waals surface area (Å²) in [6.07, 6.45) is 1.57. The quantitative estimate of drug-likeness (QED) is 0.547. The number of nitrogens with zero attached hydrogens (tertiary/aromatic N) is 3. The smallest absolute Gasteiger partial charge is 0.208 e. The first-order valence-electron chi connectivity index (χ1n) is 2.62. The molecule has 0 fully saturated rings. The van der Waals surface area contributed by atoms with Gasteiger partial charge in [-0.05, 0) is 6.92 Å². The molecular formula is C5H5N3S. The molecule has 0 saturated heterocycles. The predicted octanol–water partition coefficient (Wildman–Crippen LogP) is 1.10. The SMILES string of the molecule is Cc1csc2ncnn12. The molecule has 0 spiro atoms. The van der Waals surface area contributed by atoms with Crippen LogP contribution in [-0.2, 0) is 0 Å². The van der Waals surface area contributed by atoms with Crippen LogP contribution < -0.4 is 0 Å². The number of aromatic nitrogens is 3. The molecule has 0 aliphatic rings. The minimum atomic E-state index is 0.965. The highest BCUT2D eigenvalue weighted by molar-refractivity contribution is 7.15. The fraction of sp³-hybridized carbons (Fsp3) is 0.200. The Labute approximate surface area is 56.0 Å². The summed E-state index contributed by atoms with van der Waals surface area (Å²) >= 11 is 1.61. The lowest BCUT2D eigenvalue weighted by atomic mass is 10.6. The van der Waals surface area contributed by atoms with E-state index in [1.165, 1.54) is 0 Å². The van der Waals surface area contributed by atoms with Crippen LogP contribution in [0.25, 0.3) is 4.96 Å². The van der Waals surface area contributed by atoms with Gasteiger partial charge in [-0.25, -0.2) is 9.50 Å². The van der Waals surface area contributed by atoms with Gasteiger partial charge in [-0.1, -0.05) is 0 Å². The van der Waals surface area contributed by atoms with E-state index >= 15 is 0 Å². The van der Waals surface area contributed by atoms with Gasteiger partial charge >= 0.3 is 0 Å². The molecule has 0 N–H and O–H groups in total. The Bertz CT molecular complexity index is 321. The van der Waals surface area contributed by atoms with Crippen molar-refractivity contribution in [2.45, 2.75) is 6.92 Å². The average molecular weight is 139 g/mol. The number of aryl methyl sites for hydroxylation is 1. The van der Waals surface area contributed by atoms with Crippen molar-refractivity contribution < 1.29 is 0 Å². The van der Waals surface area contributed by atoms with Gasteiger partial charge in [0.15, 0.2) is 0 Å². The van der Waals surface area contributed by atoms with Crippen molar-refractivity contribution in [3.63, 3.8) is 0 Å². The molecule has 0 unspecified atom stereocenters. The summed E-state index contributed by atoms with van der Waals surface area (Å²) in [6, 6.07) is 0. The van der Waals surface area contributed by atoms with Crippen molar-refractivity contribution in [1.82, 2.24) is 14.6 Å². The molecular weight excluding hydrogens is 134 g/mol. The lowest BCUT2D eigenvalue weighted by molar-refractivity contribution is 0.932. The molecule has 2 aromatic rings. The van der Waals surface area contributed by atoms with Crippen LogP contribution in [-0.4, -0.2) is 14.6 Å². The van der Waals surface area contributed by atoms with Crippen LogP contribution in [0.5, 0.6) is 0 Å². The van der Waals surface area contributed by atoms with Crippen molar-refractivity contribution in [2.75, 3.05) is 0 Å². The third kappa shape index (κ3) is 0.564. The molecule has 0 bridgehead atoms. The van der Waals surface area contributed by atoms with Crippen molar-refractivity contribution >= 4 is 16.3 Å². The van der Waals surface area contributed by atoms with E-state index in [0.29, 0.717) is 0 Å². The second-order valence-corrected chi connectivity index (χ2v) is 2.67. The van der Waals surface area contributed by atoms with Crippen LogP contribution in [0, 0.1) is 6.92 Å². The Kier molecular flexibility index (Phi) is 0.843. The summed E-state index contributed by atoms with van der Waals surface area (Å²) < 4.78 is 1.82. The number of hydrogen-bond acceptors (Lipinski definition) is 3. The fourth-order valence-corrected chi connectivity index (χ4v) is 1.52. The molecule has 0 saturated carbocycles. The first-order valence-corrected chi connectivity index (χ1v) is 3.50. The van der Waals surface area contributed by atoms with Crippen LogP contribution >= 0.6 is 11.3 Å². The highest BCUT2D eigenvalue weighted by atomic mass is 32.1. The average Bonchev–Trinajstić information content (AvgIpc) is 2.35. The summed E-state index contributed by atoms with van der Waals surface area (Å²) in [6.45, 7) is 2.01. The molecule has 4 heteroatoms. The van der Waals surface area contributed by atoms with Gasteiger partial charge in [-0.3, -0.25) is 0 Å². The van der Waals surface area contributed by atoms with Gasteiger partial charge in [0.1, 0.15) is 6.33 Å². The fourth-order valence-electron chi connectivity index (χ4n) is 0.741.